The Balaban J connectivity index is 2.62. The maximum atomic E-state index is 12.1. The molecule has 0 aliphatic heterocycles. The fraction of sp³-hybridized carbons (Fsp3) is 0.583. The van der Waals surface area contributed by atoms with Crippen LogP contribution >= 0.6 is 0 Å². The molecule has 1 N–H and O–H groups in total. The molecule has 0 unspecified atom stereocenters. The van der Waals surface area contributed by atoms with Gasteiger partial charge in [-0.15, -0.1) is 0 Å². The summed E-state index contributed by atoms with van der Waals surface area (Å²) in [4.78, 5) is 3.95. The van der Waals surface area contributed by atoms with Gasteiger partial charge in [0.15, 0.2) is 0 Å². The molecule has 0 bridgehead atoms. The van der Waals surface area contributed by atoms with E-state index in [0.717, 1.165) is 18.4 Å². The first-order valence-electron chi connectivity index (χ1n) is 6.23. The Labute approximate surface area is 109 Å². The molecule has 1 heterocycles. The molecule has 1 aromatic rings. The largest absolute Gasteiger partial charge is 0.279 e. The van der Waals surface area contributed by atoms with Gasteiger partial charge in [0.05, 0.1) is 0 Å². The second kappa shape index (κ2) is 7.45. The SMILES string of the molecule is CCCN(CCC)S(=O)(=O)NCc1cccnc1. The molecule has 0 radical (unpaired) electrons. The van der Waals surface area contributed by atoms with Crippen molar-refractivity contribution in [3.8, 4) is 0 Å². The average molecular weight is 271 g/mol. The fourth-order valence-electron chi connectivity index (χ4n) is 1.62. The second-order valence-corrected chi connectivity index (χ2v) is 5.84. The summed E-state index contributed by atoms with van der Waals surface area (Å²) < 4.78 is 28.2. The van der Waals surface area contributed by atoms with Crippen molar-refractivity contribution in [2.45, 2.75) is 33.2 Å². The van der Waals surface area contributed by atoms with Crippen LogP contribution in [0.3, 0.4) is 0 Å². The lowest BCUT2D eigenvalue weighted by Crippen LogP contribution is -2.41. The summed E-state index contributed by atoms with van der Waals surface area (Å²) in [6, 6.07) is 3.64. The molecule has 0 amide bonds. The minimum Gasteiger partial charge on any atom is -0.264 e. The van der Waals surface area contributed by atoms with Gasteiger partial charge in [-0.25, -0.2) is 0 Å². The Hall–Kier alpha value is -0.980. The van der Waals surface area contributed by atoms with Crippen molar-refractivity contribution in [2.75, 3.05) is 13.1 Å². The van der Waals surface area contributed by atoms with Crippen molar-refractivity contribution < 1.29 is 8.42 Å². The number of nitrogens with one attached hydrogen (secondary N) is 1. The molecule has 0 aromatic carbocycles. The average Bonchev–Trinajstić information content (AvgIpc) is 2.37. The van der Waals surface area contributed by atoms with Gasteiger partial charge in [0.2, 0.25) is 0 Å². The first-order valence-corrected chi connectivity index (χ1v) is 7.67. The van der Waals surface area contributed by atoms with Crippen LogP contribution in [0.25, 0.3) is 0 Å². The van der Waals surface area contributed by atoms with E-state index in [1.54, 1.807) is 18.5 Å². The standard InChI is InChI=1S/C12H21N3O2S/c1-3-8-15(9-4-2)18(16,17)14-11-12-6-5-7-13-10-12/h5-7,10,14H,3-4,8-9,11H2,1-2H3. The molecule has 5 nitrogen and oxygen atoms in total. The molecule has 6 heteroatoms. The Morgan fingerprint density at radius 1 is 1.28 bits per heavy atom. The first-order chi connectivity index (χ1) is 8.60. The zero-order chi connectivity index (χ0) is 13.4. The van der Waals surface area contributed by atoms with Crippen LogP contribution in [0, 0.1) is 0 Å². The van der Waals surface area contributed by atoms with E-state index in [1.807, 2.05) is 19.9 Å². The van der Waals surface area contributed by atoms with Crippen molar-refractivity contribution in [3.63, 3.8) is 0 Å². The zero-order valence-electron chi connectivity index (χ0n) is 11.0. The molecule has 102 valence electrons. The van der Waals surface area contributed by atoms with E-state index in [0.29, 0.717) is 13.1 Å². The topological polar surface area (TPSA) is 62.3 Å². The summed E-state index contributed by atoms with van der Waals surface area (Å²) in [5.41, 5.74) is 0.856. The predicted octanol–water partition coefficient (Wildman–Crippen LogP) is 1.54. The van der Waals surface area contributed by atoms with E-state index in [-0.39, 0.29) is 6.54 Å². The zero-order valence-corrected chi connectivity index (χ0v) is 11.8. The molecule has 1 aromatic heterocycles. The number of hydrogen-bond donors (Lipinski definition) is 1. The number of pyridine rings is 1. The van der Waals surface area contributed by atoms with Crippen LogP contribution in [-0.2, 0) is 16.8 Å². The minimum atomic E-state index is -3.39. The van der Waals surface area contributed by atoms with Gasteiger partial charge in [-0.3, -0.25) is 4.98 Å². The van der Waals surface area contributed by atoms with Crippen molar-refractivity contribution in [3.05, 3.63) is 30.1 Å². The molecule has 0 saturated carbocycles. The van der Waals surface area contributed by atoms with Gasteiger partial charge in [-0.05, 0) is 24.5 Å². The third kappa shape index (κ3) is 4.72. The third-order valence-electron chi connectivity index (χ3n) is 2.47. The quantitative estimate of drug-likeness (QED) is 0.780. The maximum absolute atomic E-state index is 12.1. The van der Waals surface area contributed by atoms with E-state index in [9.17, 15) is 8.42 Å². The normalized spacial score (nSPS) is 11.9. The second-order valence-electron chi connectivity index (χ2n) is 4.09. The molecule has 0 atom stereocenters. The van der Waals surface area contributed by atoms with E-state index >= 15 is 0 Å². The van der Waals surface area contributed by atoms with E-state index in [1.165, 1.54) is 4.31 Å². The lowest BCUT2D eigenvalue weighted by atomic mass is 10.3. The van der Waals surface area contributed by atoms with Gasteiger partial charge in [0, 0.05) is 32.0 Å². The lowest BCUT2D eigenvalue weighted by molar-refractivity contribution is 0.401. The van der Waals surface area contributed by atoms with Gasteiger partial charge in [0.25, 0.3) is 10.2 Å². The summed E-state index contributed by atoms with van der Waals surface area (Å²) in [6.07, 6.45) is 4.95. The van der Waals surface area contributed by atoms with Crippen molar-refractivity contribution in [1.29, 1.82) is 0 Å². The number of aromatic nitrogens is 1. The van der Waals surface area contributed by atoms with Gasteiger partial charge in [-0.1, -0.05) is 19.9 Å². The molecule has 0 saturated heterocycles. The fourth-order valence-corrected chi connectivity index (χ4v) is 3.00. The van der Waals surface area contributed by atoms with Crippen LogP contribution in [0.2, 0.25) is 0 Å². The van der Waals surface area contributed by atoms with Gasteiger partial charge in [-0.2, -0.15) is 17.4 Å². The number of hydrogen-bond acceptors (Lipinski definition) is 3. The number of rotatable bonds is 8. The molecular weight excluding hydrogens is 250 g/mol. The molecule has 0 fully saturated rings. The summed E-state index contributed by atoms with van der Waals surface area (Å²) in [6.45, 7) is 5.32. The molecular formula is C12H21N3O2S. The van der Waals surface area contributed by atoms with Crippen LogP contribution in [0.15, 0.2) is 24.5 Å². The highest BCUT2D eigenvalue weighted by molar-refractivity contribution is 7.87. The van der Waals surface area contributed by atoms with Gasteiger partial charge < -0.3 is 0 Å². The molecule has 0 aliphatic carbocycles. The van der Waals surface area contributed by atoms with Gasteiger partial charge >= 0.3 is 0 Å². The van der Waals surface area contributed by atoms with Crippen molar-refractivity contribution in [2.24, 2.45) is 0 Å². The summed E-state index contributed by atoms with van der Waals surface area (Å²) in [5, 5.41) is 0. The van der Waals surface area contributed by atoms with Crippen LogP contribution in [0.4, 0.5) is 0 Å². The van der Waals surface area contributed by atoms with Crippen molar-refractivity contribution in [1.82, 2.24) is 14.0 Å². The summed E-state index contributed by atoms with van der Waals surface area (Å²) in [7, 11) is -3.39. The summed E-state index contributed by atoms with van der Waals surface area (Å²) >= 11 is 0. The highest BCUT2D eigenvalue weighted by atomic mass is 32.2. The van der Waals surface area contributed by atoms with Crippen molar-refractivity contribution >= 4 is 10.2 Å². The van der Waals surface area contributed by atoms with E-state index < -0.39 is 10.2 Å². The predicted molar refractivity (Wildman–Crippen MR) is 72.2 cm³/mol. The molecule has 0 spiro atoms. The smallest absolute Gasteiger partial charge is 0.264 e. The number of nitrogens with zero attached hydrogens (tertiary/aromatic N) is 2. The molecule has 18 heavy (non-hydrogen) atoms. The Morgan fingerprint density at radius 3 is 2.44 bits per heavy atom. The highest BCUT2D eigenvalue weighted by Gasteiger charge is 2.19. The molecule has 0 aliphatic rings. The Kier molecular flexibility index (Phi) is 6.24. The Bertz CT molecular complexity index is 428. The summed E-state index contributed by atoms with van der Waals surface area (Å²) in [5.74, 6) is 0. The Morgan fingerprint density at radius 2 is 1.94 bits per heavy atom. The van der Waals surface area contributed by atoms with E-state index in [2.05, 4.69) is 9.71 Å². The first kappa shape index (κ1) is 15.1. The van der Waals surface area contributed by atoms with Crippen LogP contribution < -0.4 is 4.72 Å². The third-order valence-corrected chi connectivity index (χ3v) is 4.02. The highest BCUT2D eigenvalue weighted by Crippen LogP contribution is 2.03. The van der Waals surface area contributed by atoms with E-state index in [4.69, 9.17) is 0 Å². The monoisotopic (exact) mass is 271 g/mol. The maximum Gasteiger partial charge on any atom is 0.279 e. The van der Waals surface area contributed by atoms with Gasteiger partial charge in [0.1, 0.15) is 0 Å². The minimum absolute atomic E-state index is 0.278. The molecule has 1 rings (SSSR count). The lowest BCUT2D eigenvalue weighted by Gasteiger charge is -2.21. The van der Waals surface area contributed by atoms with Crippen LogP contribution in [0.1, 0.15) is 32.3 Å². The van der Waals surface area contributed by atoms with Crippen LogP contribution in [-0.4, -0.2) is 30.8 Å². The van der Waals surface area contributed by atoms with Crippen LogP contribution in [0.5, 0.6) is 0 Å².